The second kappa shape index (κ2) is 7.10. The van der Waals surface area contributed by atoms with E-state index < -0.39 is 0 Å². The average molecular weight is 212 g/mol. The molecule has 4 heteroatoms. The van der Waals surface area contributed by atoms with Gasteiger partial charge >= 0.3 is 12.2 Å². The van der Waals surface area contributed by atoms with Gasteiger partial charge in [-0.1, -0.05) is 6.92 Å². The second-order valence-electron chi connectivity index (χ2n) is 4.37. The highest BCUT2D eigenvalue weighted by Gasteiger charge is 2.30. The molecule has 0 bridgehead atoms. The van der Waals surface area contributed by atoms with Crippen molar-refractivity contribution in [3.05, 3.63) is 0 Å². The van der Waals surface area contributed by atoms with E-state index in [1.54, 1.807) is 12.2 Å². The Bertz CT molecular complexity index is 274. The molecule has 1 unspecified atom stereocenters. The lowest BCUT2D eigenvalue weighted by atomic mass is 9.86. The SMILES string of the molecule is CC(CCCC[NH+]=C=O)C(C)(C)[NH+]=C=O. The van der Waals surface area contributed by atoms with Crippen molar-refractivity contribution in [2.24, 2.45) is 5.92 Å². The Hall–Kier alpha value is -1.24. The molecule has 0 radical (unpaired) electrons. The fraction of sp³-hybridized carbons (Fsp3) is 0.818. The zero-order chi connectivity index (χ0) is 11.7. The Morgan fingerprint density at radius 3 is 2.40 bits per heavy atom. The molecule has 0 heterocycles. The van der Waals surface area contributed by atoms with Crippen LogP contribution in [0, 0.1) is 5.92 Å². The zero-order valence-corrected chi connectivity index (χ0v) is 9.72. The molecule has 0 amide bonds. The molecule has 2 N–H and O–H groups in total. The Balaban J connectivity index is 3.87. The van der Waals surface area contributed by atoms with Crippen LogP contribution in [0.4, 0.5) is 0 Å². The molecule has 0 aromatic carbocycles. The van der Waals surface area contributed by atoms with Crippen LogP contribution in [-0.2, 0) is 9.59 Å². The maximum Gasteiger partial charge on any atom is 0.422 e. The second-order valence-corrected chi connectivity index (χ2v) is 4.37. The van der Waals surface area contributed by atoms with Crippen LogP contribution in [-0.4, -0.2) is 24.2 Å². The lowest BCUT2D eigenvalue weighted by Crippen LogP contribution is -2.83. The molecule has 0 saturated carbocycles. The first-order valence-corrected chi connectivity index (χ1v) is 5.29. The molecule has 0 aliphatic heterocycles. The molecule has 4 nitrogen and oxygen atoms in total. The first kappa shape index (κ1) is 13.8. The molecule has 0 aromatic heterocycles. The number of rotatable bonds is 7. The summed E-state index contributed by atoms with van der Waals surface area (Å²) in [6.07, 6.45) is 6.37. The monoisotopic (exact) mass is 212 g/mol. The summed E-state index contributed by atoms with van der Waals surface area (Å²) in [4.78, 5) is 25.3. The molecular weight excluding hydrogens is 192 g/mol. The topological polar surface area (TPSA) is 62.1 Å². The Morgan fingerprint density at radius 2 is 1.87 bits per heavy atom. The van der Waals surface area contributed by atoms with Crippen molar-refractivity contribution in [2.75, 3.05) is 6.54 Å². The summed E-state index contributed by atoms with van der Waals surface area (Å²) in [7, 11) is 0. The largest absolute Gasteiger partial charge is 0.422 e. The summed E-state index contributed by atoms with van der Waals surface area (Å²) < 4.78 is 0. The first-order valence-electron chi connectivity index (χ1n) is 5.29. The zero-order valence-electron chi connectivity index (χ0n) is 9.72. The van der Waals surface area contributed by atoms with Crippen LogP contribution in [0.2, 0.25) is 0 Å². The maximum absolute atomic E-state index is 10.3. The lowest BCUT2D eigenvalue weighted by molar-refractivity contribution is -0.552. The lowest BCUT2D eigenvalue weighted by Gasteiger charge is -2.20. The number of carbonyl (C=O) groups excluding carboxylic acids is 2. The van der Waals surface area contributed by atoms with E-state index in [0.29, 0.717) is 12.5 Å². The Kier molecular flexibility index (Phi) is 6.52. The van der Waals surface area contributed by atoms with Gasteiger partial charge in [0.05, 0.1) is 0 Å². The van der Waals surface area contributed by atoms with Gasteiger partial charge in [0.15, 0.2) is 12.1 Å². The molecule has 0 rings (SSSR count). The van der Waals surface area contributed by atoms with Gasteiger partial charge in [-0.05, 0) is 12.8 Å². The maximum atomic E-state index is 10.3. The normalized spacial score (nSPS) is 12.5. The Labute approximate surface area is 90.5 Å². The van der Waals surface area contributed by atoms with Crippen LogP contribution in [0.15, 0.2) is 0 Å². The average Bonchev–Trinajstić information content (AvgIpc) is 2.17. The molecule has 0 aliphatic rings. The van der Waals surface area contributed by atoms with E-state index in [0.717, 1.165) is 19.3 Å². The molecule has 0 aliphatic carbocycles. The summed E-state index contributed by atoms with van der Waals surface area (Å²) >= 11 is 0. The van der Waals surface area contributed by atoms with Crippen molar-refractivity contribution in [1.82, 2.24) is 0 Å². The van der Waals surface area contributed by atoms with E-state index in [-0.39, 0.29) is 5.54 Å². The third-order valence-corrected chi connectivity index (χ3v) is 2.87. The first-order chi connectivity index (χ1) is 7.04. The van der Waals surface area contributed by atoms with Gasteiger partial charge in [0.1, 0.15) is 0 Å². The van der Waals surface area contributed by atoms with E-state index in [2.05, 4.69) is 16.9 Å². The Morgan fingerprint density at radius 1 is 1.20 bits per heavy atom. The van der Waals surface area contributed by atoms with Crippen LogP contribution < -0.4 is 9.98 Å². The standard InChI is InChI=1S/C11H18N2O2/c1-10(11(2,3)13-9-15)6-4-5-7-12-8-14/h10H,4-7H2,1-3H3/p+2. The van der Waals surface area contributed by atoms with Crippen molar-refractivity contribution in [1.29, 1.82) is 0 Å². The predicted octanol–water partition coefficient (Wildman–Crippen LogP) is -1.60. The highest BCUT2D eigenvalue weighted by molar-refractivity contribution is 5.23. The third-order valence-electron chi connectivity index (χ3n) is 2.87. The van der Waals surface area contributed by atoms with Gasteiger partial charge in [-0.2, -0.15) is 19.6 Å². The van der Waals surface area contributed by atoms with Gasteiger partial charge in [0, 0.05) is 26.2 Å². The van der Waals surface area contributed by atoms with Crippen LogP contribution in [0.5, 0.6) is 0 Å². The number of hydrogen-bond donors (Lipinski definition) is 2. The number of hydrogen-bond acceptors (Lipinski definition) is 2. The van der Waals surface area contributed by atoms with Crippen LogP contribution in [0.25, 0.3) is 0 Å². The summed E-state index contributed by atoms with van der Waals surface area (Å²) in [5, 5.41) is 0. The summed E-state index contributed by atoms with van der Waals surface area (Å²) in [5.41, 5.74) is -0.216. The molecule has 0 fully saturated rings. The van der Waals surface area contributed by atoms with E-state index in [1.165, 1.54) is 0 Å². The third kappa shape index (κ3) is 5.95. The molecule has 0 aromatic rings. The van der Waals surface area contributed by atoms with E-state index in [9.17, 15) is 9.59 Å². The highest BCUT2D eigenvalue weighted by Crippen LogP contribution is 2.17. The fourth-order valence-electron chi connectivity index (χ4n) is 1.33. The van der Waals surface area contributed by atoms with Crippen LogP contribution in [0.3, 0.4) is 0 Å². The number of unbranched alkanes of at least 4 members (excludes halogenated alkanes) is 1. The van der Waals surface area contributed by atoms with E-state index >= 15 is 0 Å². The minimum Gasteiger partial charge on any atom is -0.166 e. The molecule has 84 valence electrons. The van der Waals surface area contributed by atoms with Crippen molar-refractivity contribution in [3.63, 3.8) is 0 Å². The van der Waals surface area contributed by atoms with Crippen LogP contribution >= 0.6 is 0 Å². The summed E-state index contributed by atoms with van der Waals surface area (Å²) in [5.74, 6) is 0.388. The van der Waals surface area contributed by atoms with Crippen molar-refractivity contribution < 1.29 is 19.6 Å². The molecular formula is C11H20N2O2+2. The molecule has 1 atom stereocenters. The summed E-state index contributed by atoms with van der Waals surface area (Å²) in [6, 6.07) is 0. The van der Waals surface area contributed by atoms with Gasteiger partial charge in [-0.15, -0.1) is 0 Å². The molecule has 15 heavy (non-hydrogen) atoms. The van der Waals surface area contributed by atoms with Gasteiger partial charge in [0.2, 0.25) is 0 Å². The van der Waals surface area contributed by atoms with Crippen molar-refractivity contribution >= 4 is 12.2 Å². The van der Waals surface area contributed by atoms with Gasteiger partial charge in [0.25, 0.3) is 0 Å². The van der Waals surface area contributed by atoms with E-state index in [4.69, 9.17) is 0 Å². The molecule has 0 spiro atoms. The van der Waals surface area contributed by atoms with E-state index in [1.807, 2.05) is 13.8 Å². The fourth-order valence-corrected chi connectivity index (χ4v) is 1.33. The number of nitrogens with one attached hydrogen (secondary N) is 2. The van der Waals surface area contributed by atoms with Gasteiger partial charge in [-0.3, -0.25) is 0 Å². The highest BCUT2D eigenvalue weighted by atomic mass is 16.1. The quantitative estimate of drug-likeness (QED) is 0.303. The predicted molar refractivity (Wildman–Crippen MR) is 55.3 cm³/mol. The van der Waals surface area contributed by atoms with Crippen molar-refractivity contribution in [2.45, 2.75) is 45.6 Å². The van der Waals surface area contributed by atoms with Crippen LogP contribution in [0.1, 0.15) is 40.0 Å². The van der Waals surface area contributed by atoms with Gasteiger partial charge in [-0.25, -0.2) is 0 Å². The smallest absolute Gasteiger partial charge is 0.166 e. The molecule has 0 saturated heterocycles. The minimum absolute atomic E-state index is 0.216. The van der Waals surface area contributed by atoms with Crippen molar-refractivity contribution in [3.8, 4) is 0 Å². The summed E-state index contributed by atoms with van der Waals surface area (Å²) in [6.45, 7) is 6.74. The minimum atomic E-state index is -0.216. The van der Waals surface area contributed by atoms with Gasteiger partial charge < -0.3 is 0 Å². The number of isocyanates is 2.